The molecule has 0 spiro atoms. The van der Waals surface area contributed by atoms with Crippen LogP contribution in [0.2, 0.25) is 0 Å². The number of primary sulfonamides is 2. The number of hydrogen-bond donors (Lipinski definition) is 5. The standard InChI is InChI=1S/C39H45N9O9S3/c1-23-14-24(2)36(25(3)15-23)57-39(49)35-33(42-4)21-48-38(35)44-37(45-48)26-10-11-34(47-12-5-6-13-47)32(16-26)43-22-56-28-8-7-9-29(19-28)60(54,55)46-27-17-30(58(40,50)51)20-31(18-27)59(41,52)53/h7-11,16-21,23-25,36,43,46H,5-6,12-15,22H2,1-3H3,(H,44,45)(H2,40,50,51)(H2,41,52,53). The van der Waals surface area contributed by atoms with Crippen LogP contribution in [0.15, 0.2) is 81.5 Å². The van der Waals surface area contributed by atoms with Crippen LogP contribution in [0, 0.1) is 24.3 Å². The molecule has 2 atom stereocenters. The first-order valence-corrected chi connectivity index (χ1v) is 23.7. The number of hydrogen-bond acceptors (Lipinski definition) is 12. The lowest BCUT2D eigenvalue weighted by Crippen LogP contribution is -2.37. The number of carbonyl (C=O) groups is 1. The van der Waals surface area contributed by atoms with Gasteiger partial charge in [0, 0.05) is 30.9 Å². The van der Waals surface area contributed by atoms with Crippen LogP contribution in [0.25, 0.3) is 21.9 Å². The van der Waals surface area contributed by atoms with Crippen molar-refractivity contribution in [2.75, 3.05) is 34.8 Å². The van der Waals surface area contributed by atoms with Gasteiger partial charge in [-0.1, -0.05) is 26.8 Å². The third-order valence-corrected chi connectivity index (χ3v) is 13.9. The summed E-state index contributed by atoms with van der Waals surface area (Å²) in [5, 5.41) is 16.8. The Balaban J connectivity index is 1.11. The number of ether oxygens (including phenoxy) is 2. The van der Waals surface area contributed by atoms with Crippen molar-refractivity contribution in [2.45, 2.75) is 67.2 Å². The average molecular weight is 880 g/mol. The van der Waals surface area contributed by atoms with Gasteiger partial charge in [-0.3, -0.25) is 14.3 Å². The van der Waals surface area contributed by atoms with Crippen LogP contribution in [0.3, 0.4) is 0 Å². The number of aromatic nitrogens is 3. The van der Waals surface area contributed by atoms with Crippen molar-refractivity contribution in [3.8, 4) is 17.1 Å². The van der Waals surface area contributed by atoms with Crippen LogP contribution >= 0.6 is 0 Å². The molecule has 2 fully saturated rings. The molecule has 5 aromatic rings. The number of anilines is 3. The van der Waals surface area contributed by atoms with E-state index in [1.54, 1.807) is 10.6 Å². The quantitative estimate of drug-likeness (QED) is 0.0578. The monoisotopic (exact) mass is 879 g/mol. The fraction of sp³-hybridized carbons (Fsp3) is 0.359. The van der Waals surface area contributed by atoms with E-state index in [0.717, 1.165) is 62.7 Å². The van der Waals surface area contributed by atoms with Crippen molar-refractivity contribution >= 4 is 64.4 Å². The van der Waals surface area contributed by atoms with E-state index in [9.17, 15) is 30.0 Å². The third kappa shape index (κ3) is 9.07. The number of sulfonamides is 3. The number of nitrogens with one attached hydrogen (secondary N) is 3. The summed E-state index contributed by atoms with van der Waals surface area (Å²) in [7, 11) is -13.3. The van der Waals surface area contributed by atoms with Gasteiger partial charge in [0.15, 0.2) is 18.2 Å². The minimum Gasteiger partial charge on any atom is -0.473 e. The highest BCUT2D eigenvalue weighted by atomic mass is 32.2. The molecule has 1 aliphatic carbocycles. The zero-order chi connectivity index (χ0) is 43.1. The van der Waals surface area contributed by atoms with Gasteiger partial charge >= 0.3 is 5.97 Å². The number of carbonyl (C=O) groups excluding carboxylic acids is 1. The molecule has 3 heterocycles. The fourth-order valence-electron chi connectivity index (χ4n) is 8.10. The van der Waals surface area contributed by atoms with E-state index in [1.165, 1.54) is 24.4 Å². The van der Waals surface area contributed by atoms with Crippen LogP contribution in [0.1, 0.15) is 56.8 Å². The van der Waals surface area contributed by atoms with E-state index < -0.39 is 51.5 Å². The molecule has 2 unspecified atom stereocenters. The van der Waals surface area contributed by atoms with Gasteiger partial charge in [0.2, 0.25) is 25.7 Å². The first-order chi connectivity index (χ1) is 28.3. The highest BCUT2D eigenvalue weighted by Gasteiger charge is 2.36. The highest BCUT2D eigenvalue weighted by molar-refractivity contribution is 7.92. The third-order valence-electron chi connectivity index (χ3n) is 10.8. The van der Waals surface area contributed by atoms with E-state index >= 15 is 0 Å². The van der Waals surface area contributed by atoms with Crippen LogP contribution in [0.5, 0.6) is 5.75 Å². The maximum absolute atomic E-state index is 13.7. The van der Waals surface area contributed by atoms with E-state index in [-0.39, 0.29) is 52.2 Å². The molecule has 7 N–H and O–H groups in total. The Hall–Kier alpha value is -5.66. The van der Waals surface area contributed by atoms with Crippen molar-refractivity contribution in [1.82, 2.24) is 14.6 Å². The second kappa shape index (κ2) is 16.4. The summed E-state index contributed by atoms with van der Waals surface area (Å²) < 4.78 is 90.6. The molecule has 1 aliphatic heterocycles. The van der Waals surface area contributed by atoms with Crippen LogP contribution < -0.4 is 30.0 Å². The summed E-state index contributed by atoms with van der Waals surface area (Å²) in [6, 6.07) is 13.7. The Bertz CT molecular complexity index is 2780. The Morgan fingerprint density at radius 2 is 1.58 bits per heavy atom. The molecule has 2 aromatic heterocycles. The van der Waals surface area contributed by atoms with Crippen molar-refractivity contribution in [3.05, 3.63) is 83.8 Å². The molecule has 0 radical (unpaired) electrons. The topological polar surface area (TPSA) is 255 Å². The largest absolute Gasteiger partial charge is 0.473 e. The van der Waals surface area contributed by atoms with Gasteiger partial charge in [-0.2, -0.15) is 0 Å². The van der Waals surface area contributed by atoms with Gasteiger partial charge in [-0.05, 0) is 92.0 Å². The van der Waals surface area contributed by atoms with Gasteiger partial charge in [-0.25, -0.2) is 50.2 Å². The maximum atomic E-state index is 13.7. The molecule has 21 heteroatoms. The smallest absolute Gasteiger partial charge is 0.331 e. The minimum absolute atomic E-state index is 0.101. The minimum atomic E-state index is -4.43. The molecule has 1 saturated heterocycles. The average Bonchev–Trinajstić information content (AvgIpc) is 3.93. The molecule has 18 nitrogen and oxygen atoms in total. The van der Waals surface area contributed by atoms with E-state index in [0.29, 0.717) is 23.0 Å². The fourth-order valence-corrected chi connectivity index (χ4v) is 10.4. The second-order valence-corrected chi connectivity index (χ2v) is 20.2. The number of H-pyrrole nitrogens is 1. The summed E-state index contributed by atoms with van der Waals surface area (Å²) in [5.41, 5.74) is 2.39. The van der Waals surface area contributed by atoms with E-state index in [4.69, 9.17) is 31.3 Å². The SMILES string of the molecule is [C-]#[N+]c1cn2[nH]c(-c3ccc(N4CCCC4)c(NCOc4cccc(S(=O)(=O)Nc5cc(S(N)(=O)=O)cc(S(N)(=O)=O)c5)c4)c3)nc2c1C(=O)OC1C(C)CC(C)CC1C. The molecule has 318 valence electrons. The number of fused-ring (bicyclic) bond motifs is 1. The summed E-state index contributed by atoms with van der Waals surface area (Å²) in [5.74, 6) is 0.925. The first kappa shape index (κ1) is 42.5. The van der Waals surface area contributed by atoms with Crippen molar-refractivity contribution in [1.29, 1.82) is 0 Å². The van der Waals surface area contributed by atoms with Gasteiger partial charge in [-0.15, -0.1) is 0 Å². The number of nitrogens with zero attached hydrogens (tertiary/aromatic N) is 4. The summed E-state index contributed by atoms with van der Waals surface area (Å²) >= 11 is 0. The van der Waals surface area contributed by atoms with Gasteiger partial charge in [0.05, 0.1) is 38.3 Å². The van der Waals surface area contributed by atoms with Gasteiger partial charge in [0.1, 0.15) is 17.4 Å². The molecular weight excluding hydrogens is 835 g/mol. The van der Waals surface area contributed by atoms with E-state index in [1.807, 2.05) is 18.2 Å². The van der Waals surface area contributed by atoms with Gasteiger partial charge < -0.3 is 19.7 Å². The Kier molecular flexibility index (Phi) is 11.6. The lowest BCUT2D eigenvalue weighted by molar-refractivity contribution is -0.0249. The normalized spacial score (nSPS) is 19.8. The number of rotatable bonds is 13. The van der Waals surface area contributed by atoms with Crippen LogP contribution in [0.4, 0.5) is 22.7 Å². The second-order valence-electron chi connectivity index (χ2n) is 15.4. The molecule has 60 heavy (non-hydrogen) atoms. The summed E-state index contributed by atoms with van der Waals surface area (Å²) in [6.45, 7) is 15.7. The highest BCUT2D eigenvalue weighted by Crippen LogP contribution is 2.38. The lowest BCUT2D eigenvalue weighted by Gasteiger charge is -2.37. The van der Waals surface area contributed by atoms with E-state index in [2.05, 4.69) is 45.7 Å². The number of esters is 1. The zero-order valence-electron chi connectivity index (χ0n) is 33.0. The van der Waals surface area contributed by atoms with Gasteiger partial charge in [0.25, 0.3) is 10.0 Å². The molecule has 7 rings (SSSR count). The molecule has 3 aromatic carbocycles. The summed E-state index contributed by atoms with van der Waals surface area (Å²) in [4.78, 5) is 22.7. The van der Waals surface area contributed by atoms with Crippen molar-refractivity contribution in [2.24, 2.45) is 28.0 Å². The Morgan fingerprint density at radius 1 is 0.917 bits per heavy atom. The summed E-state index contributed by atoms with van der Waals surface area (Å²) in [6.07, 6.45) is 5.20. The maximum Gasteiger partial charge on any atom is 0.331 e. The molecular formula is C39H45N9O9S3. The number of benzene rings is 3. The molecule has 0 bridgehead atoms. The number of nitrogens with two attached hydrogens (primary N) is 2. The first-order valence-electron chi connectivity index (χ1n) is 19.1. The molecule has 0 amide bonds. The molecule has 2 aliphatic rings. The Labute approximate surface area is 348 Å². The van der Waals surface area contributed by atoms with Crippen LogP contribution in [-0.2, 0) is 34.8 Å². The lowest BCUT2D eigenvalue weighted by atomic mass is 9.75. The zero-order valence-corrected chi connectivity index (χ0v) is 35.4. The number of aromatic amines is 1. The predicted molar refractivity (Wildman–Crippen MR) is 224 cm³/mol. The van der Waals surface area contributed by atoms with Crippen molar-refractivity contribution < 1.29 is 39.5 Å². The molecule has 1 saturated carbocycles. The van der Waals surface area contributed by atoms with Crippen LogP contribution in [-0.4, -0.2) is 71.7 Å². The predicted octanol–water partition coefficient (Wildman–Crippen LogP) is 5.25. The Morgan fingerprint density at radius 3 is 2.22 bits per heavy atom. The van der Waals surface area contributed by atoms with Crippen molar-refractivity contribution in [3.63, 3.8) is 0 Å².